The highest BCUT2D eigenvalue weighted by molar-refractivity contribution is 5.95. The first-order valence-corrected chi connectivity index (χ1v) is 9.40. The molecule has 156 valence electrons. The number of amides is 2. The summed E-state index contributed by atoms with van der Waals surface area (Å²) in [5.74, 6) is -0.502. The van der Waals surface area contributed by atoms with Crippen LogP contribution in [-0.2, 0) is 11.0 Å². The molecule has 4 rings (SSSR count). The fourth-order valence-corrected chi connectivity index (χ4v) is 3.47. The van der Waals surface area contributed by atoms with E-state index in [1.807, 2.05) is 6.07 Å². The third kappa shape index (κ3) is 3.98. The number of carbonyl (C=O) groups excluding carboxylic acids is 2. The maximum Gasteiger partial charge on any atom is 0.416 e. The van der Waals surface area contributed by atoms with Crippen molar-refractivity contribution in [3.05, 3.63) is 59.8 Å². The first-order chi connectivity index (χ1) is 14.3. The van der Waals surface area contributed by atoms with Crippen LogP contribution in [0, 0.1) is 5.92 Å². The van der Waals surface area contributed by atoms with Gasteiger partial charge in [-0.05, 0) is 49.2 Å². The number of likely N-dealkylation sites (tertiary alicyclic amines) is 1. The zero-order valence-corrected chi connectivity index (χ0v) is 15.8. The van der Waals surface area contributed by atoms with Gasteiger partial charge in [0.1, 0.15) is 0 Å². The molecule has 0 unspecified atom stereocenters. The zero-order valence-electron chi connectivity index (χ0n) is 15.8. The van der Waals surface area contributed by atoms with E-state index in [4.69, 9.17) is 0 Å². The van der Waals surface area contributed by atoms with E-state index in [-0.39, 0.29) is 23.3 Å². The Bertz CT molecular complexity index is 1070. The average molecular weight is 417 g/mol. The van der Waals surface area contributed by atoms with Gasteiger partial charge in [0.05, 0.1) is 5.56 Å². The minimum atomic E-state index is -4.44. The summed E-state index contributed by atoms with van der Waals surface area (Å²) in [7, 11) is 0. The summed E-state index contributed by atoms with van der Waals surface area (Å²) in [4.78, 5) is 26.7. The molecular formula is C20H18F3N5O2. The molecule has 0 atom stereocenters. The van der Waals surface area contributed by atoms with Gasteiger partial charge in [0.15, 0.2) is 5.65 Å². The van der Waals surface area contributed by atoms with Crippen LogP contribution in [0.3, 0.4) is 0 Å². The number of nitrogens with one attached hydrogen (secondary N) is 1. The van der Waals surface area contributed by atoms with Gasteiger partial charge in [0.2, 0.25) is 11.9 Å². The fourth-order valence-electron chi connectivity index (χ4n) is 3.47. The molecule has 0 aliphatic carbocycles. The number of hydrogen-bond acceptors (Lipinski definition) is 4. The van der Waals surface area contributed by atoms with Crippen molar-refractivity contribution in [2.75, 3.05) is 18.4 Å². The van der Waals surface area contributed by atoms with Crippen LogP contribution in [-0.4, -0.2) is 44.4 Å². The lowest BCUT2D eigenvalue weighted by Gasteiger charge is -2.31. The van der Waals surface area contributed by atoms with Crippen molar-refractivity contribution in [3.8, 4) is 0 Å². The molecule has 1 aliphatic rings. The molecule has 0 spiro atoms. The van der Waals surface area contributed by atoms with Crippen molar-refractivity contribution in [1.82, 2.24) is 19.5 Å². The molecule has 3 heterocycles. The van der Waals surface area contributed by atoms with Gasteiger partial charge >= 0.3 is 6.18 Å². The first kappa shape index (κ1) is 19.9. The summed E-state index contributed by atoms with van der Waals surface area (Å²) < 4.78 is 39.7. The number of aromatic nitrogens is 3. The van der Waals surface area contributed by atoms with Gasteiger partial charge in [0, 0.05) is 30.8 Å². The molecule has 1 aromatic carbocycles. The molecule has 10 heteroatoms. The summed E-state index contributed by atoms with van der Waals surface area (Å²) in [6, 6.07) is 9.55. The van der Waals surface area contributed by atoms with Crippen LogP contribution in [0.2, 0.25) is 0 Å². The Morgan fingerprint density at radius 3 is 2.37 bits per heavy atom. The lowest BCUT2D eigenvalue weighted by Crippen LogP contribution is -2.41. The van der Waals surface area contributed by atoms with Crippen LogP contribution in [0.4, 0.5) is 19.1 Å². The Morgan fingerprint density at radius 1 is 1.00 bits per heavy atom. The summed E-state index contributed by atoms with van der Waals surface area (Å²) in [5.41, 5.74) is 0.0148. The standard InChI is InChI=1S/C20H18F3N5O2/c21-20(22,23)15-6-4-14(5-7-15)18(30)27-11-8-13(9-12-27)17(29)24-19-26-25-16-3-1-2-10-28(16)19/h1-7,10,13H,8-9,11-12H2,(H,24,26,29). The second-order valence-electron chi connectivity index (χ2n) is 7.08. The number of piperidine rings is 1. The molecular weight excluding hydrogens is 399 g/mol. The van der Waals surface area contributed by atoms with Crippen LogP contribution in [0.25, 0.3) is 5.65 Å². The molecule has 1 fully saturated rings. The van der Waals surface area contributed by atoms with Crippen molar-refractivity contribution in [3.63, 3.8) is 0 Å². The summed E-state index contributed by atoms with van der Waals surface area (Å²) in [6.07, 6.45) is -1.79. The molecule has 1 N–H and O–H groups in total. The number of nitrogens with zero attached hydrogens (tertiary/aromatic N) is 4. The number of pyridine rings is 1. The molecule has 30 heavy (non-hydrogen) atoms. The van der Waals surface area contributed by atoms with E-state index in [2.05, 4.69) is 15.5 Å². The SMILES string of the molecule is O=C(Nc1nnc2ccccn12)C1CCN(C(=O)c2ccc(C(F)(F)F)cc2)CC1. The highest BCUT2D eigenvalue weighted by Gasteiger charge is 2.31. The van der Waals surface area contributed by atoms with Gasteiger partial charge in [-0.15, -0.1) is 10.2 Å². The predicted molar refractivity (Wildman–Crippen MR) is 102 cm³/mol. The Hall–Kier alpha value is -3.43. The minimum Gasteiger partial charge on any atom is -0.339 e. The molecule has 0 saturated carbocycles. The molecule has 1 saturated heterocycles. The van der Waals surface area contributed by atoms with Crippen molar-refractivity contribution in [2.24, 2.45) is 5.92 Å². The van der Waals surface area contributed by atoms with E-state index in [0.717, 1.165) is 12.1 Å². The van der Waals surface area contributed by atoms with Crippen molar-refractivity contribution < 1.29 is 22.8 Å². The molecule has 0 bridgehead atoms. The molecule has 7 nitrogen and oxygen atoms in total. The second kappa shape index (κ2) is 7.77. The molecule has 2 aromatic heterocycles. The lowest BCUT2D eigenvalue weighted by molar-refractivity contribution is -0.137. The maximum absolute atomic E-state index is 12.7. The van der Waals surface area contributed by atoms with E-state index < -0.39 is 11.7 Å². The number of halogens is 3. The predicted octanol–water partition coefficient (Wildman–Crippen LogP) is 3.24. The number of fused-ring (bicyclic) bond motifs is 1. The van der Waals surface area contributed by atoms with E-state index >= 15 is 0 Å². The van der Waals surface area contributed by atoms with E-state index in [9.17, 15) is 22.8 Å². The molecule has 1 aliphatic heterocycles. The Kier molecular flexibility index (Phi) is 5.15. The number of hydrogen-bond donors (Lipinski definition) is 1. The van der Waals surface area contributed by atoms with Crippen molar-refractivity contribution in [1.29, 1.82) is 0 Å². The van der Waals surface area contributed by atoms with Crippen molar-refractivity contribution in [2.45, 2.75) is 19.0 Å². The number of carbonyl (C=O) groups is 2. The van der Waals surface area contributed by atoms with Crippen LogP contribution in [0.1, 0.15) is 28.8 Å². The van der Waals surface area contributed by atoms with Gasteiger partial charge in [-0.1, -0.05) is 6.07 Å². The number of anilines is 1. The molecule has 0 radical (unpaired) electrons. The highest BCUT2D eigenvalue weighted by atomic mass is 19.4. The quantitative estimate of drug-likeness (QED) is 0.710. The van der Waals surface area contributed by atoms with Crippen LogP contribution < -0.4 is 5.32 Å². The molecule has 3 aromatic rings. The largest absolute Gasteiger partial charge is 0.416 e. The summed E-state index contributed by atoms with van der Waals surface area (Å²) in [5, 5.41) is 10.7. The van der Waals surface area contributed by atoms with Gasteiger partial charge in [0.25, 0.3) is 5.91 Å². The van der Waals surface area contributed by atoms with E-state index in [1.54, 1.807) is 27.6 Å². The number of benzene rings is 1. The van der Waals surface area contributed by atoms with Crippen LogP contribution in [0.5, 0.6) is 0 Å². The topological polar surface area (TPSA) is 79.6 Å². The first-order valence-electron chi connectivity index (χ1n) is 9.40. The van der Waals surface area contributed by atoms with E-state index in [0.29, 0.717) is 37.5 Å². The minimum absolute atomic E-state index is 0.195. The Balaban J connectivity index is 1.35. The van der Waals surface area contributed by atoms with Gasteiger partial charge in [-0.3, -0.25) is 19.3 Å². The zero-order chi connectivity index (χ0) is 21.3. The van der Waals surface area contributed by atoms with Crippen LogP contribution >= 0.6 is 0 Å². The summed E-state index contributed by atoms with van der Waals surface area (Å²) >= 11 is 0. The number of alkyl halides is 3. The lowest BCUT2D eigenvalue weighted by atomic mass is 9.95. The van der Waals surface area contributed by atoms with Gasteiger partial charge < -0.3 is 4.90 Å². The third-order valence-corrected chi connectivity index (χ3v) is 5.16. The fraction of sp³-hybridized carbons (Fsp3) is 0.300. The highest BCUT2D eigenvalue weighted by Crippen LogP contribution is 2.29. The average Bonchev–Trinajstić information content (AvgIpc) is 3.16. The van der Waals surface area contributed by atoms with Crippen molar-refractivity contribution >= 4 is 23.4 Å². The second-order valence-corrected chi connectivity index (χ2v) is 7.08. The Morgan fingerprint density at radius 2 is 1.70 bits per heavy atom. The summed E-state index contributed by atoms with van der Waals surface area (Å²) in [6.45, 7) is 0.692. The monoisotopic (exact) mass is 417 g/mol. The number of rotatable bonds is 3. The van der Waals surface area contributed by atoms with Crippen LogP contribution in [0.15, 0.2) is 48.7 Å². The van der Waals surface area contributed by atoms with Gasteiger partial charge in [-0.2, -0.15) is 13.2 Å². The maximum atomic E-state index is 12.7. The third-order valence-electron chi connectivity index (χ3n) is 5.16. The molecule has 2 amide bonds. The smallest absolute Gasteiger partial charge is 0.339 e. The van der Waals surface area contributed by atoms with E-state index in [1.165, 1.54) is 12.1 Å². The van der Waals surface area contributed by atoms with Gasteiger partial charge in [-0.25, -0.2) is 0 Å². The normalized spacial score (nSPS) is 15.4. The Labute approximate surface area is 169 Å².